The van der Waals surface area contributed by atoms with Crippen molar-refractivity contribution in [2.75, 3.05) is 0 Å². The number of nitrogens with one attached hydrogen (secondary N) is 2. The Morgan fingerprint density at radius 1 is 1.35 bits per heavy atom. The van der Waals surface area contributed by atoms with Gasteiger partial charge in [0.25, 0.3) is 5.91 Å². The number of hydrogen-bond donors (Lipinski definition) is 4. The minimum absolute atomic E-state index is 0.255. The average molecular weight is 387 g/mol. The van der Waals surface area contributed by atoms with Gasteiger partial charge in [-0.25, -0.2) is 0 Å². The molecule has 6 nitrogen and oxygen atoms in total. The number of carbonyl (C=O) groups excluding carboxylic acids is 2. The van der Waals surface area contributed by atoms with E-state index in [1.807, 2.05) is 24.3 Å². The molecule has 8 heteroatoms. The third-order valence-electron chi connectivity index (χ3n) is 3.80. The van der Waals surface area contributed by atoms with Crippen LogP contribution in [0.5, 0.6) is 0 Å². The molecule has 0 bridgehead atoms. The number of nitrogens with two attached hydrogens (primary N) is 1. The topological polar surface area (TPSA) is 104 Å². The van der Waals surface area contributed by atoms with Crippen molar-refractivity contribution < 1.29 is 14.7 Å². The van der Waals surface area contributed by atoms with Gasteiger partial charge < -0.3 is 16.2 Å². The van der Waals surface area contributed by atoms with Crippen LogP contribution >= 0.6 is 23.6 Å². The summed E-state index contributed by atoms with van der Waals surface area (Å²) in [6.07, 6.45) is 1.50. The molecule has 1 aromatic heterocycles. The van der Waals surface area contributed by atoms with Crippen molar-refractivity contribution in [3.8, 4) is 10.4 Å². The highest BCUT2D eigenvalue weighted by molar-refractivity contribution is 7.80. The largest absolute Gasteiger partial charge is 0.393 e. The molecule has 1 aliphatic heterocycles. The monoisotopic (exact) mass is 387 g/mol. The van der Waals surface area contributed by atoms with Gasteiger partial charge >= 0.3 is 0 Å². The first-order valence-corrected chi connectivity index (χ1v) is 9.11. The smallest absolute Gasteiger partial charge is 0.273 e. The number of aliphatic hydroxyl groups excluding tert-OH is 1. The van der Waals surface area contributed by atoms with E-state index < -0.39 is 12.0 Å². The first kappa shape index (κ1) is 18.2. The van der Waals surface area contributed by atoms with Gasteiger partial charge in [0.15, 0.2) is 5.11 Å². The number of rotatable bonds is 5. The average Bonchev–Trinajstić information content (AvgIpc) is 3.13. The maximum atomic E-state index is 11.7. The molecule has 0 aliphatic carbocycles. The lowest BCUT2D eigenvalue weighted by Crippen LogP contribution is -2.21. The lowest BCUT2D eigenvalue weighted by Gasteiger charge is -2.10. The summed E-state index contributed by atoms with van der Waals surface area (Å²) in [5, 5.41) is 15.3. The van der Waals surface area contributed by atoms with Gasteiger partial charge in [-0.1, -0.05) is 6.07 Å². The molecule has 134 valence electrons. The number of amides is 2. The molecule has 2 amide bonds. The van der Waals surface area contributed by atoms with Crippen molar-refractivity contribution in [1.82, 2.24) is 10.6 Å². The maximum Gasteiger partial charge on any atom is 0.273 e. The van der Waals surface area contributed by atoms with E-state index in [2.05, 4.69) is 10.6 Å². The van der Waals surface area contributed by atoms with Crippen LogP contribution in [-0.2, 0) is 11.2 Å². The summed E-state index contributed by atoms with van der Waals surface area (Å²) >= 11 is 6.41. The summed E-state index contributed by atoms with van der Waals surface area (Å²) in [5.74, 6) is -0.770. The molecule has 5 N–H and O–H groups in total. The van der Waals surface area contributed by atoms with Crippen molar-refractivity contribution in [2.24, 2.45) is 5.73 Å². The van der Waals surface area contributed by atoms with Crippen LogP contribution in [0.2, 0.25) is 0 Å². The Bertz CT molecular complexity index is 932. The lowest BCUT2D eigenvalue weighted by molar-refractivity contribution is -0.115. The summed E-state index contributed by atoms with van der Waals surface area (Å²) in [6.45, 7) is 1.66. The lowest BCUT2D eigenvalue weighted by atomic mass is 9.98. The number of primary amides is 1. The second kappa shape index (κ2) is 7.36. The van der Waals surface area contributed by atoms with E-state index >= 15 is 0 Å². The molecule has 0 saturated carbocycles. The molecule has 26 heavy (non-hydrogen) atoms. The quantitative estimate of drug-likeness (QED) is 0.462. The van der Waals surface area contributed by atoms with E-state index in [9.17, 15) is 14.7 Å². The predicted octanol–water partition coefficient (Wildman–Crippen LogP) is 1.78. The third kappa shape index (κ3) is 3.98. The number of hydrogen-bond acceptors (Lipinski definition) is 5. The third-order valence-corrected chi connectivity index (χ3v) is 5.09. The highest BCUT2D eigenvalue weighted by Crippen LogP contribution is 2.31. The predicted molar refractivity (Wildman–Crippen MR) is 106 cm³/mol. The number of carbonyl (C=O) groups is 2. The molecule has 1 atom stereocenters. The fourth-order valence-electron chi connectivity index (χ4n) is 2.68. The molecule has 2 heterocycles. The number of thiophene rings is 1. The Morgan fingerprint density at radius 3 is 2.73 bits per heavy atom. The molecule has 1 fully saturated rings. The first-order chi connectivity index (χ1) is 12.3. The van der Waals surface area contributed by atoms with E-state index in [1.165, 1.54) is 11.3 Å². The van der Waals surface area contributed by atoms with E-state index in [-0.39, 0.29) is 5.91 Å². The van der Waals surface area contributed by atoms with Crippen LogP contribution in [-0.4, -0.2) is 28.1 Å². The van der Waals surface area contributed by atoms with Crippen LogP contribution < -0.4 is 16.4 Å². The van der Waals surface area contributed by atoms with Gasteiger partial charge in [-0.05, 0) is 67.0 Å². The standard InChI is InChI=1S/C18H17N3O3S2/c1-9(22)6-11-7-10(2-4-13(11)16(19)23)15-5-3-12(26-15)8-14-17(24)21-18(25)20-14/h2-5,7-9,22H,6H2,1H3,(H2,19,23)(H2,20,21,24,25)/t9-/m1/s1. The summed E-state index contributed by atoms with van der Waals surface area (Å²) in [7, 11) is 0. The molecular formula is C18H17N3O3S2. The maximum absolute atomic E-state index is 11.7. The number of aliphatic hydroxyl groups is 1. The molecule has 1 aliphatic rings. The zero-order chi connectivity index (χ0) is 18.8. The van der Waals surface area contributed by atoms with Crippen molar-refractivity contribution in [3.63, 3.8) is 0 Å². The first-order valence-electron chi connectivity index (χ1n) is 7.88. The molecule has 0 spiro atoms. The number of benzene rings is 1. The van der Waals surface area contributed by atoms with Gasteiger partial charge in [0.1, 0.15) is 5.70 Å². The van der Waals surface area contributed by atoms with E-state index in [4.69, 9.17) is 18.0 Å². The van der Waals surface area contributed by atoms with Crippen molar-refractivity contribution in [3.05, 3.63) is 52.0 Å². The highest BCUT2D eigenvalue weighted by Gasteiger charge is 2.20. The Hall–Kier alpha value is -2.55. The molecule has 1 aromatic carbocycles. The Kier molecular flexibility index (Phi) is 5.17. The van der Waals surface area contributed by atoms with Gasteiger partial charge in [0.2, 0.25) is 5.91 Å². The fraction of sp³-hybridized carbons (Fsp3) is 0.167. The summed E-state index contributed by atoms with van der Waals surface area (Å²) in [6, 6.07) is 9.21. The second-order valence-electron chi connectivity index (χ2n) is 5.96. The molecule has 0 unspecified atom stereocenters. The van der Waals surface area contributed by atoms with Gasteiger partial charge in [-0.2, -0.15) is 0 Å². The van der Waals surface area contributed by atoms with Crippen molar-refractivity contribution >= 4 is 46.6 Å². The summed E-state index contributed by atoms with van der Waals surface area (Å²) < 4.78 is 0. The summed E-state index contributed by atoms with van der Waals surface area (Å²) in [4.78, 5) is 25.2. The molecule has 2 aromatic rings. The zero-order valence-electron chi connectivity index (χ0n) is 13.9. The molecular weight excluding hydrogens is 370 g/mol. The minimum Gasteiger partial charge on any atom is -0.393 e. The van der Waals surface area contributed by atoms with Crippen LogP contribution in [0.1, 0.15) is 27.7 Å². The second-order valence-corrected chi connectivity index (χ2v) is 7.48. The van der Waals surface area contributed by atoms with Crippen LogP contribution in [0.15, 0.2) is 36.0 Å². The zero-order valence-corrected chi connectivity index (χ0v) is 15.5. The van der Waals surface area contributed by atoms with Crippen molar-refractivity contribution in [1.29, 1.82) is 0 Å². The van der Waals surface area contributed by atoms with E-state index in [0.717, 1.165) is 15.3 Å². The van der Waals surface area contributed by atoms with E-state index in [1.54, 1.807) is 19.1 Å². The van der Waals surface area contributed by atoms with Crippen LogP contribution in [0.3, 0.4) is 0 Å². The van der Waals surface area contributed by atoms with Gasteiger partial charge in [-0.3, -0.25) is 14.9 Å². The molecule has 1 saturated heterocycles. The van der Waals surface area contributed by atoms with E-state index in [0.29, 0.717) is 28.4 Å². The van der Waals surface area contributed by atoms with Crippen LogP contribution in [0, 0.1) is 0 Å². The fourth-order valence-corrected chi connectivity index (χ4v) is 3.84. The van der Waals surface area contributed by atoms with Crippen molar-refractivity contribution in [2.45, 2.75) is 19.4 Å². The van der Waals surface area contributed by atoms with Crippen LogP contribution in [0.25, 0.3) is 16.5 Å². The van der Waals surface area contributed by atoms with Gasteiger partial charge in [0.05, 0.1) is 6.10 Å². The SMILES string of the molecule is C[C@@H](O)Cc1cc(-c2ccc(C=C3NC(=S)NC3=O)s2)ccc1C(N)=O. The van der Waals surface area contributed by atoms with Crippen LogP contribution in [0.4, 0.5) is 0 Å². The Labute approximate surface area is 159 Å². The molecule has 0 radical (unpaired) electrons. The van der Waals surface area contributed by atoms with Gasteiger partial charge in [0, 0.05) is 15.3 Å². The van der Waals surface area contributed by atoms with Gasteiger partial charge in [-0.15, -0.1) is 11.3 Å². The number of thiocarbonyl (C=S) groups is 1. The minimum atomic E-state index is -0.581. The highest BCUT2D eigenvalue weighted by atomic mass is 32.1. The Balaban J connectivity index is 1.91. The summed E-state index contributed by atoms with van der Waals surface area (Å²) in [5.41, 5.74) is 7.86. The molecule has 3 rings (SSSR count). The Morgan fingerprint density at radius 2 is 2.12 bits per heavy atom. The normalized spacial score (nSPS) is 16.5.